The van der Waals surface area contributed by atoms with Gasteiger partial charge in [0.25, 0.3) is 0 Å². The van der Waals surface area contributed by atoms with Crippen LogP contribution >= 0.6 is 24.0 Å². The Labute approximate surface area is 125 Å². The molecular weight excluding hydrogens is 274 g/mol. The minimum absolute atomic E-state index is 0.426. The standard InChI is InChI=1S/C15H21NOS2/c1-2-19-13-8-4-7-12(14(13)15(16)18)17-10-9-11-5-3-6-11/h4,7-8,11H,2-3,5-6,9-10H2,1H3,(H2,16,18). The highest BCUT2D eigenvalue weighted by atomic mass is 32.2. The van der Waals surface area contributed by atoms with Gasteiger partial charge in [0.15, 0.2) is 0 Å². The van der Waals surface area contributed by atoms with Gasteiger partial charge in [-0.2, -0.15) is 0 Å². The Morgan fingerprint density at radius 3 is 2.84 bits per heavy atom. The molecule has 0 saturated heterocycles. The van der Waals surface area contributed by atoms with Gasteiger partial charge in [-0.1, -0.05) is 44.5 Å². The Morgan fingerprint density at radius 2 is 2.26 bits per heavy atom. The largest absolute Gasteiger partial charge is 0.493 e. The Morgan fingerprint density at radius 1 is 1.47 bits per heavy atom. The van der Waals surface area contributed by atoms with E-state index in [0.717, 1.165) is 40.9 Å². The van der Waals surface area contributed by atoms with Crippen molar-refractivity contribution in [3.63, 3.8) is 0 Å². The van der Waals surface area contributed by atoms with Crippen LogP contribution in [0.3, 0.4) is 0 Å². The van der Waals surface area contributed by atoms with Crippen molar-refractivity contribution >= 4 is 29.0 Å². The highest BCUT2D eigenvalue weighted by Crippen LogP contribution is 2.32. The fraction of sp³-hybridized carbons (Fsp3) is 0.533. The number of rotatable bonds is 7. The minimum atomic E-state index is 0.426. The van der Waals surface area contributed by atoms with Gasteiger partial charge in [-0.3, -0.25) is 0 Å². The van der Waals surface area contributed by atoms with Crippen LogP contribution < -0.4 is 10.5 Å². The topological polar surface area (TPSA) is 35.2 Å². The van der Waals surface area contributed by atoms with Crippen LogP contribution in [0, 0.1) is 5.92 Å². The van der Waals surface area contributed by atoms with Crippen molar-refractivity contribution in [2.75, 3.05) is 12.4 Å². The Hall–Kier alpha value is -0.740. The van der Waals surface area contributed by atoms with Gasteiger partial charge < -0.3 is 10.5 Å². The third kappa shape index (κ3) is 3.86. The average Bonchev–Trinajstić information content (AvgIpc) is 2.32. The number of nitrogens with two attached hydrogens (primary N) is 1. The molecule has 0 radical (unpaired) electrons. The first-order valence-corrected chi connectivity index (χ1v) is 8.30. The van der Waals surface area contributed by atoms with Gasteiger partial charge in [-0.15, -0.1) is 11.8 Å². The van der Waals surface area contributed by atoms with Crippen LogP contribution in [-0.2, 0) is 0 Å². The summed E-state index contributed by atoms with van der Waals surface area (Å²) in [5, 5.41) is 0. The molecule has 0 atom stereocenters. The van der Waals surface area contributed by atoms with Gasteiger partial charge >= 0.3 is 0 Å². The summed E-state index contributed by atoms with van der Waals surface area (Å²) in [5.74, 6) is 2.70. The van der Waals surface area contributed by atoms with Crippen molar-refractivity contribution in [2.24, 2.45) is 11.7 Å². The summed E-state index contributed by atoms with van der Waals surface area (Å²) in [6, 6.07) is 6.04. The second-order valence-electron chi connectivity index (χ2n) is 4.86. The summed E-state index contributed by atoms with van der Waals surface area (Å²) < 4.78 is 5.91. The molecule has 2 N–H and O–H groups in total. The smallest absolute Gasteiger partial charge is 0.130 e. The van der Waals surface area contributed by atoms with Crippen LogP contribution in [0.1, 0.15) is 38.2 Å². The molecule has 1 fully saturated rings. The number of benzene rings is 1. The molecule has 0 spiro atoms. The van der Waals surface area contributed by atoms with E-state index in [0.29, 0.717) is 4.99 Å². The zero-order chi connectivity index (χ0) is 13.7. The van der Waals surface area contributed by atoms with Crippen molar-refractivity contribution in [1.29, 1.82) is 0 Å². The molecule has 19 heavy (non-hydrogen) atoms. The van der Waals surface area contributed by atoms with Crippen LogP contribution in [0.15, 0.2) is 23.1 Å². The van der Waals surface area contributed by atoms with Gasteiger partial charge in [0, 0.05) is 4.90 Å². The van der Waals surface area contributed by atoms with Crippen molar-refractivity contribution in [3.05, 3.63) is 23.8 Å². The molecule has 1 aromatic rings. The fourth-order valence-corrected chi connectivity index (χ4v) is 3.38. The third-order valence-corrected chi connectivity index (χ3v) is 4.69. The first kappa shape index (κ1) is 14.7. The third-order valence-electron chi connectivity index (χ3n) is 3.54. The number of ether oxygens (including phenoxy) is 1. The van der Waals surface area contributed by atoms with Crippen LogP contribution in [0.2, 0.25) is 0 Å². The molecule has 0 aromatic heterocycles. The van der Waals surface area contributed by atoms with E-state index < -0.39 is 0 Å². The van der Waals surface area contributed by atoms with E-state index in [9.17, 15) is 0 Å². The maximum atomic E-state index is 5.91. The van der Waals surface area contributed by atoms with Crippen LogP contribution in [-0.4, -0.2) is 17.3 Å². The molecule has 0 unspecified atom stereocenters. The van der Waals surface area contributed by atoms with E-state index in [1.54, 1.807) is 11.8 Å². The van der Waals surface area contributed by atoms with E-state index in [-0.39, 0.29) is 0 Å². The highest BCUT2D eigenvalue weighted by molar-refractivity contribution is 7.99. The lowest BCUT2D eigenvalue weighted by Crippen LogP contribution is -2.17. The van der Waals surface area contributed by atoms with Crippen LogP contribution in [0.4, 0.5) is 0 Å². The second kappa shape index (κ2) is 7.15. The summed E-state index contributed by atoms with van der Waals surface area (Å²) in [4.78, 5) is 1.55. The first-order valence-electron chi connectivity index (χ1n) is 6.90. The minimum Gasteiger partial charge on any atom is -0.493 e. The van der Waals surface area contributed by atoms with Crippen molar-refractivity contribution < 1.29 is 4.74 Å². The SMILES string of the molecule is CCSc1cccc(OCCC2CCC2)c1C(N)=S. The van der Waals surface area contributed by atoms with E-state index in [2.05, 4.69) is 13.0 Å². The molecular formula is C15H21NOS2. The lowest BCUT2D eigenvalue weighted by Gasteiger charge is -2.25. The van der Waals surface area contributed by atoms with Crippen LogP contribution in [0.5, 0.6) is 5.75 Å². The summed E-state index contributed by atoms with van der Waals surface area (Å²) in [5.41, 5.74) is 6.75. The molecule has 0 aliphatic heterocycles. The zero-order valence-corrected chi connectivity index (χ0v) is 13.0. The van der Waals surface area contributed by atoms with Gasteiger partial charge in [-0.25, -0.2) is 0 Å². The predicted octanol–water partition coefficient (Wildman–Crippen LogP) is 4.00. The Balaban J connectivity index is 2.04. The van der Waals surface area contributed by atoms with Gasteiger partial charge in [-0.05, 0) is 30.2 Å². The van der Waals surface area contributed by atoms with Crippen molar-refractivity contribution in [2.45, 2.75) is 37.5 Å². The number of thioether (sulfide) groups is 1. The Kier molecular flexibility index (Phi) is 5.52. The monoisotopic (exact) mass is 295 g/mol. The molecule has 2 rings (SSSR count). The van der Waals surface area contributed by atoms with Gasteiger partial charge in [0.1, 0.15) is 10.7 Å². The molecule has 1 saturated carbocycles. The van der Waals surface area contributed by atoms with Crippen molar-refractivity contribution in [1.82, 2.24) is 0 Å². The molecule has 104 valence electrons. The lowest BCUT2D eigenvalue weighted by atomic mass is 9.83. The van der Waals surface area contributed by atoms with Crippen molar-refractivity contribution in [3.8, 4) is 5.75 Å². The number of thiocarbonyl (C=S) groups is 1. The first-order chi connectivity index (χ1) is 9.22. The summed E-state index contributed by atoms with van der Waals surface area (Å²) in [7, 11) is 0. The normalized spacial score (nSPS) is 15.0. The van der Waals surface area contributed by atoms with Gasteiger partial charge in [0.05, 0.1) is 12.2 Å². The average molecular weight is 295 g/mol. The summed E-state index contributed by atoms with van der Waals surface area (Å²) in [6.07, 6.45) is 5.24. The second-order valence-corrected chi connectivity index (χ2v) is 6.61. The van der Waals surface area contributed by atoms with E-state index >= 15 is 0 Å². The Bertz CT molecular complexity index is 444. The molecule has 2 nitrogen and oxygen atoms in total. The molecule has 0 amide bonds. The summed E-state index contributed by atoms with van der Waals surface area (Å²) in [6.45, 7) is 2.89. The molecule has 1 aliphatic rings. The zero-order valence-electron chi connectivity index (χ0n) is 11.4. The molecule has 1 aromatic carbocycles. The molecule has 1 aliphatic carbocycles. The van der Waals surface area contributed by atoms with Crippen LogP contribution in [0.25, 0.3) is 0 Å². The number of hydrogen-bond acceptors (Lipinski definition) is 3. The number of hydrogen-bond donors (Lipinski definition) is 1. The van der Waals surface area contributed by atoms with Gasteiger partial charge in [0.2, 0.25) is 0 Å². The van der Waals surface area contributed by atoms with E-state index in [1.165, 1.54) is 19.3 Å². The molecule has 4 heteroatoms. The van der Waals surface area contributed by atoms with E-state index in [4.69, 9.17) is 22.7 Å². The molecule has 0 heterocycles. The summed E-state index contributed by atoms with van der Waals surface area (Å²) >= 11 is 6.92. The predicted molar refractivity (Wildman–Crippen MR) is 86.2 cm³/mol. The quantitative estimate of drug-likeness (QED) is 0.609. The maximum absolute atomic E-state index is 5.91. The highest BCUT2D eigenvalue weighted by Gasteiger charge is 2.18. The van der Waals surface area contributed by atoms with E-state index in [1.807, 2.05) is 12.1 Å². The molecule has 0 bridgehead atoms. The fourth-order valence-electron chi connectivity index (χ4n) is 2.27. The lowest BCUT2D eigenvalue weighted by molar-refractivity contribution is 0.221. The maximum Gasteiger partial charge on any atom is 0.130 e.